The first-order valence-corrected chi connectivity index (χ1v) is 7.64. The molecule has 0 amide bonds. The fourth-order valence-electron chi connectivity index (χ4n) is 2.24. The first-order valence-electron chi connectivity index (χ1n) is 6.76. The molecule has 21 heavy (non-hydrogen) atoms. The smallest absolute Gasteiger partial charge is 0.348 e. The van der Waals surface area contributed by atoms with Crippen LogP contribution < -0.4 is 0 Å². The molecule has 116 valence electrons. The van der Waals surface area contributed by atoms with E-state index in [1.165, 1.54) is 24.3 Å². The maximum atomic E-state index is 12.3. The van der Waals surface area contributed by atoms with Gasteiger partial charge >= 0.3 is 5.97 Å². The van der Waals surface area contributed by atoms with Gasteiger partial charge in [-0.25, -0.2) is 13.6 Å². The summed E-state index contributed by atoms with van der Waals surface area (Å²) in [4.78, 5) is 25.2. The Hall–Kier alpha value is -1.34. The van der Waals surface area contributed by atoms with Gasteiger partial charge in [0.1, 0.15) is 11.0 Å². The number of halogens is 2. The molecule has 0 saturated carbocycles. The van der Waals surface area contributed by atoms with Crippen LogP contribution in [0.5, 0.6) is 0 Å². The summed E-state index contributed by atoms with van der Waals surface area (Å²) in [5.41, 5.74) is 0.499. The lowest BCUT2D eigenvalue weighted by Gasteiger charge is -2.31. The number of ether oxygens (including phenoxy) is 1. The van der Waals surface area contributed by atoms with E-state index < -0.39 is 12.4 Å². The van der Waals surface area contributed by atoms with Crippen LogP contribution in [-0.4, -0.2) is 48.8 Å². The number of thiophene rings is 1. The Morgan fingerprint density at radius 2 is 2.10 bits per heavy atom. The van der Waals surface area contributed by atoms with Crippen molar-refractivity contribution in [2.75, 3.05) is 19.6 Å². The first kappa shape index (κ1) is 16.0. The molecule has 1 aromatic rings. The highest BCUT2D eigenvalue weighted by Gasteiger charge is 2.25. The summed E-state index contributed by atoms with van der Waals surface area (Å²) in [7, 11) is 0. The molecular formula is C14H17F2NO3S. The second-order valence-electron chi connectivity index (χ2n) is 5.05. The maximum Gasteiger partial charge on any atom is 0.348 e. The zero-order chi connectivity index (χ0) is 15.4. The molecule has 1 aliphatic rings. The highest BCUT2D eigenvalue weighted by atomic mass is 32.1. The van der Waals surface area contributed by atoms with Gasteiger partial charge in [0.15, 0.2) is 5.78 Å². The van der Waals surface area contributed by atoms with Crippen LogP contribution in [0.25, 0.3) is 0 Å². The van der Waals surface area contributed by atoms with E-state index in [4.69, 9.17) is 4.74 Å². The summed E-state index contributed by atoms with van der Waals surface area (Å²) in [5, 5.41) is 1.63. The van der Waals surface area contributed by atoms with E-state index >= 15 is 0 Å². The van der Waals surface area contributed by atoms with E-state index in [0.717, 1.165) is 0 Å². The van der Waals surface area contributed by atoms with Gasteiger partial charge in [0.05, 0.1) is 6.54 Å². The minimum Gasteiger partial charge on any atom is -0.458 e. The SMILES string of the molecule is CC(=O)c1csc(C(=O)OC2CCN(CC(F)F)CC2)c1. The number of piperidine rings is 1. The van der Waals surface area contributed by atoms with E-state index in [0.29, 0.717) is 36.4 Å². The molecule has 1 aliphatic heterocycles. The van der Waals surface area contributed by atoms with Crippen LogP contribution >= 0.6 is 11.3 Å². The molecule has 0 spiro atoms. The molecule has 4 nitrogen and oxygen atoms in total. The first-order chi connectivity index (χ1) is 9.95. The Bertz CT molecular complexity index is 510. The van der Waals surface area contributed by atoms with Crippen LogP contribution in [0, 0.1) is 0 Å². The number of rotatable bonds is 5. The number of esters is 1. The second kappa shape index (κ2) is 7.09. The van der Waals surface area contributed by atoms with Crippen molar-refractivity contribution in [2.45, 2.75) is 32.3 Å². The standard InChI is InChI=1S/C14H17F2NO3S/c1-9(18)10-6-12(21-8-10)14(19)20-11-2-4-17(5-3-11)7-13(15)16/h6,8,11,13H,2-5,7H2,1H3. The van der Waals surface area contributed by atoms with E-state index in [2.05, 4.69) is 0 Å². The number of hydrogen-bond donors (Lipinski definition) is 0. The third-order valence-corrected chi connectivity index (χ3v) is 4.32. The van der Waals surface area contributed by atoms with Crippen molar-refractivity contribution in [3.8, 4) is 0 Å². The summed E-state index contributed by atoms with van der Waals surface area (Å²) >= 11 is 1.18. The van der Waals surface area contributed by atoms with Crippen LogP contribution in [0.3, 0.4) is 0 Å². The molecule has 0 aromatic carbocycles. The fraction of sp³-hybridized carbons (Fsp3) is 0.571. The largest absolute Gasteiger partial charge is 0.458 e. The van der Waals surface area contributed by atoms with Gasteiger partial charge < -0.3 is 4.74 Å². The summed E-state index contributed by atoms with van der Waals surface area (Å²) in [6.45, 7) is 2.22. The molecule has 0 unspecified atom stereocenters. The Morgan fingerprint density at radius 1 is 1.43 bits per heavy atom. The third kappa shape index (κ3) is 4.57. The number of nitrogens with zero attached hydrogens (tertiary/aromatic N) is 1. The van der Waals surface area contributed by atoms with E-state index in [1.807, 2.05) is 0 Å². The summed E-state index contributed by atoms with van der Waals surface area (Å²) < 4.78 is 29.9. The van der Waals surface area contributed by atoms with Crippen LogP contribution in [0.2, 0.25) is 0 Å². The zero-order valence-corrected chi connectivity index (χ0v) is 12.5. The molecule has 1 aromatic heterocycles. The van der Waals surface area contributed by atoms with Gasteiger partial charge in [-0.2, -0.15) is 0 Å². The monoisotopic (exact) mass is 317 g/mol. The molecule has 0 N–H and O–H groups in total. The molecule has 0 aliphatic carbocycles. The molecule has 2 rings (SSSR count). The van der Waals surface area contributed by atoms with Crippen molar-refractivity contribution in [3.05, 3.63) is 21.9 Å². The number of carbonyl (C=O) groups excluding carboxylic acids is 2. The minimum atomic E-state index is -2.33. The third-order valence-electron chi connectivity index (χ3n) is 3.41. The van der Waals surface area contributed by atoms with Crippen LogP contribution in [-0.2, 0) is 4.74 Å². The molecule has 0 atom stereocenters. The molecule has 2 heterocycles. The average Bonchev–Trinajstić information content (AvgIpc) is 2.90. The van der Waals surface area contributed by atoms with Gasteiger partial charge in [0.2, 0.25) is 0 Å². The Kier molecular flexibility index (Phi) is 5.41. The van der Waals surface area contributed by atoms with Gasteiger partial charge in [-0.05, 0) is 25.8 Å². The number of ketones is 1. The maximum absolute atomic E-state index is 12.3. The van der Waals surface area contributed by atoms with E-state index in [9.17, 15) is 18.4 Å². The van der Waals surface area contributed by atoms with Crippen LogP contribution in [0.15, 0.2) is 11.4 Å². The highest BCUT2D eigenvalue weighted by Crippen LogP contribution is 2.20. The van der Waals surface area contributed by atoms with Crippen molar-refractivity contribution in [2.24, 2.45) is 0 Å². The molecule has 0 bridgehead atoms. The van der Waals surface area contributed by atoms with Gasteiger partial charge in [-0.1, -0.05) is 0 Å². The number of carbonyl (C=O) groups is 2. The number of alkyl halides is 2. The Labute approximate surface area is 125 Å². The zero-order valence-electron chi connectivity index (χ0n) is 11.7. The fourth-order valence-corrected chi connectivity index (χ4v) is 3.07. The van der Waals surface area contributed by atoms with Crippen LogP contribution in [0.4, 0.5) is 8.78 Å². The number of hydrogen-bond acceptors (Lipinski definition) is 5. The van der Waals surface area contributed by atoms with Crippen LogP contribution in [0.1, 0.15) is 39.8 Å². The van der Waals surface area contributed by atoms with E-state index in [1.54, 1.807) is 10.3 Å². The quantitative estimate of drug-likeness (QED) is 0.619. The van der Waals surface area contributed by atoms with Crippen molar-refractivity contribution in [3.63, 3.8) is 0 Å². The lowest BCUT2D eigenvalue weighted by atomic mass is 10.1. The summed E-state index contributed by atoms with van der Waals surface area (Å²) in [6, 6.07) is 1.53. The molecular weight excluding hydrogens is 300 g/mol. The second-order valence-corrected chi connectivity index (χ2v) is 5.96. The normalized spacial score (nSPS) is 17.1. The predicted octanol–water partition coefficient (Wildman–Crippen LogP) is 2.84. The summed E-state index contributed by atoms with van der Waals surface area (Å²) in [5.74, 6) is -0.537. The molecule has 0 radical (unpaired) electrons. The predicted molar refractivity (Wildman–Crippen MR) is 75.2 cm³/mol. The van der Waals surface area contributed by atoms with Crippen molar-refractivity contribution >= 4 is 23.1 Å². The topological polar surface area (TPSA) is 46.6 Å². The van der Waals surface area contributed by atoms with Crippen molar-refractivity contribution < 1.29 is 23.1 Å². The van der Waals surface area contributed by atoms with Gasteiger partial charge in [0.25, 0.3) is 6.43 Å². The van der Waals surface area contributed by atoms with Crippen molar-refractivity contribution in [1.82, 2.24) is 4.90 Å². The Balaban J connectivity index is 1.82. The Morgan fingerprint density at radius 3 is 2.62 bits per heavy atom. The molecule has 1 fully saturated rings. The molecule has 7 heteroatoms. The number of Topliss-reactive ketones (excluding diaryl/α,β-unsaturated/α-hetero) is 1. The van der Waals surface area contributed by atoms with Crippen molar-refractivity contribution in [1.29, 1.82) is 0 Å². The lowest BCUT2D eigenvalue weighted by Crippen LogP contribution is -2.40. The number of likely N-dealkylation sites (tertiary alicyclic amines) is 1. The van der Waals surface area contributed by atoms with Gasteiger partial charge in [-0.3, -0.25) is 9.69 Å². The van der Waals surface area contributed by atoms with Gasteiger partial charge in [0, 0.05) is 24.0 Å². The minimum absolute atomic E-state index is 0.0920. The average molecular weight is 317 g/mol. The lowest BCUT2D eigenvalue weighted by molar-refractivity contribution is 0.00267. The molecule has 1 saturated heterocycles. The van der Waals surface area contributed by atoms with Gasteiger partial charge in [-0.15, -0.1) is 11.3 Å². The summed E-state index contributed by atoms with van der Waals surface area (Å²) in [6.07, 6.45) is -1.46. The van der Waals surface area contributed by atoms with E-state index in [-0.39, 0.29) is 18.4 Å². The highest BCUT2D eigenvalue weighted by molar-refractivity contribution is 7.12.